The van der Waals surface area contributed by atoms with E-state index in [1.165, 1.54) is 0 Å². The van der Waals surface area contributed by atoms with Gasteiger partial charge in [0.05, 0.1) is 4.92 Å². The summed E-state index contributed by atoms with van der Waals surface area (Å²) < 4.78 is 26.6. The Kier molecular flexibility index (Phi) is 5.00. The highest BCUT2D eigenvalue weighted by Gasteiger charge is 2.21. The number of hydrogen-bond donors (Lipinski definition) is 1. The monoisotopic (exact) mass is 258 g/mol. The Labute approximate surface area is 104 Å². The summed E-state index contributed by atoms with van der Waals surface area (Å²) in [6, 6.07) is 1.72. The van der Waals surface area contributed by atoms with Crippen LogP contribution in [-0.2, 0) is 0 Å². The average Bonchev–Trinajstić information content (AvgIpc) is 2.31. The predicted octanol–water partition coefficient (Wildman–Crippen LogP) is 3.72. The highest BCUT2D eigenvalue weighted by molar-refractivity contribution is 5.62. The topological polar surface area (TPSA) is 55.2 Å². The quantitative estimate of drug-likeness (QED) is 0.625. The highest BCUT2D eigenvalue weighted by atomic mass is 19.2. The molecule has 1 aromatic carbocycles. The number of nitrogens with zero attached hydrogens (tertiary/aromatic N) is 1. The first kappa shape index (κ1) is 14.3. The number of benzene rings is 1. The molecular weight excluding hydrogens is 242 g/mol. The zero-order valence-corrected chi connectivity index (χ0v) is 10.4. The molecule has 0 aromatic heterocycles. The molecule has 0 fully saturated rings. The minimum absolute atomic E-state index is 0.234. The fraction of sp³-hybridized carbons (Fsp3) is 0.500. The van der Waals surface area contributed by atoms with E-state index in [-0.39, 0.29) is 11.6 Å². The second-order valence-electron chi connectivity index (χ2n) is 4.29. The van der Waals surface area contributed by atoms with Crippen LogP contribution in [0.4, 0.5) is 20.2 Å². The third-order valence-corrected chi connectivity index (χ3v) is 2.68. The van der Waals surface area contributed by atoms with Crippen LogP contribution < -0.4 is 5.32 Å². The molecule has 0 saturated carbocycles. The Morgan fingerprint density at radius 2 is 2.11 bits per heavy atom. The lowest BCUT2D eigenvalue weighted by molar-refractivity contribution is -0.384. The first-order valence-electron chi connectivity index (χ1n) is 5.83. The SMILES string of the molecule is CCCC(C)CNc1c([N+](=O)[O-])ccc(F)c1F. The summed E-state index contributed by atoms with van der Waals surface area (Å²) >= 11 is 0. The molecule has 0 aliphatic heterocycles. The van der Waals surface area contributed by atoms with Crippen molar-refractivity contribution in [3.8, 4) is 0 Å². The molecule has 0 aliphatic carbocycles. The van der Waals surface area contributed by atoms with Gasteiger partial charge in [0.1, 0.15) is 0 Å². The molecule has 1 rings (SSSR count). The summed E-state index contributed by atoms with van der Waals surface area (Å²) in [7, 11) is 0. The largest absolute Gasteiger partial charge is 0.377 e. The first-order valence-corrected chi connectivity index (χ1v) is 5.83. The number of nitro benzene ring substituents is 1. The van der Waals surface area contributed by atoms with Gasteiger partial charge < -0.3 is 5.32 Å². The standard InChI is InChI=1S/C12H16F2N2O2/c1-3-4-8(2)7-15-12-10(16(17)18)6-5-9(13)11(12)14/h5-6,8,15H,3-4,7H2,1-2H3. The van der Waals surface area contributed by atoms with Crippen LogP contribution >= 0.6 is 0 Å². The smallest absolute Gasteiger partial charge is 0.295 e. The molecule has 18 heavy (non-hydrogen) atoms. The van der Waals surface area contributed by atoms with E-state index in [4.69, 9.17) is 0 Å². The summed E-state index contributed by atoms with van der Waals surface area (Å²) in [5.41, 5.74) is -0.819. The normalized spacial score (nSPS) is 12.2. The van der Waals surface area contributed by atoms with Gasteiger partial charge in [-0.3, -0.25) is 10.1 Å². The maximum absolute atomic E-state index is 13.5. The maximum Gasteiger partial charge on any atom is 0.295 e. The number of nitrogens with one attached hydrogen (secondary N) is 1. The number of nitro groups is 1. The van der Waals surface area contributed by atoms with Gasteiger partial charge >= 0.3 is 0 Å². The lowest BCUT2D eigenvalue weighted by Gasteiger charge is -2.13. The van der Waals surface area contributed by atoms with Gasteiger partial charge in [-0.15, -0.1) is 0 Å². The van der Waals surface area contributed by atoms with Gasteiger partial charge in [0.2, 0.25) is 0 Å². The van der Waals surface area contributed by atoms with E-state index in [2.05, 4.69) is 5.32 Å². The van der Waals surface area contributed by atoms with E-state index < -0.39 is 22.2 Å². The Balaban J connectivity index is 2.92. The molecule has 0 amide bonds. The Morgan fingerprint density at radius 1 is 1.44 bits per heavy atom. The predicted molar refractivity (Wildman–Crippen MR) is 65.6 cm³/mol. The fourth-order valence-corrected chi connectivity index (χ4v) is 1.73. The molecule has 0 bridgehead atoms. The minimum Gasteiger partial charge on any atom is -0.377 e. The molecule has 0 aliphatic rings. The van der Waals surface area contributed by atoms with Crippen molar-refractivity contribution in [2.45, 2.75) is 26.7 Å². The van der Waals surface area contributed by atoms with Crippen molar-refractivity contribution in [2.24, 2.45) is 5.92 Å². The van der Waals surface area contributed by atoms with Crippen molar-refractivity contribution in [3.63, 3.8) is 0 Å². The molecule has 0 heterocycles. The lowest BCUT2D eigenvalue weighted by atomic mass is 10.1. The lowest BCUT2D eigenvalue weighted by Crippen LogP contribution is -2.13. The van der Waals surface area contributed by atoms with E-state index in [0.717, 1.165) is 25.0 Å². The Morgan fingerprint density at radius 3 is 2.67 bits per heavy atom. The van der Waals surface area contributed by atoms with E-state index in [1.54, 1.807) is 0 Å². The van der Waals surface area contributed by atoms with Gasteiger partial charge in [-0.05, 0) is 18.4 Å². The van der Waals surface area contributed by atoms with E-state index in [1.807, 2.05) is 13.8 Å². The van der Waals surface area contributed by atoms with Crippen LogP contribution in [0.1, 0.15) is 26.7 Å². The van der Waals surface area contributed by atoms with Crippen LogP contribution in [0, 0.1) is 27.7 Å². The zero-order valence-electron chi connectivity index (χ0n) is 10.4. The molecule has 1 unspecified atom stereocenters. The summed E-state index contributed by atoms with van der Waals surface area (Å²) in [5, 5.41) is 13.4. The summed E-state index contributed by atoms with van der Waals surface area (Å²) in [6.07, 6.45) is 1.88. The van der Waals surface area contributed by atoms with Crippen LogP contribution in [0.15, 0.2) is 12.1 Å². The van der Waals surface area contributed by atoms with Crippen LogP contribution in [0.2, 0.25) is 0 Å². The van der Waals surface area contributed by atoms with Crippen LogP contribution in [0.5, 0.6) is 0 Å². The number of halogens is 2. The Hall–Kier alpha value is -1.72. The number of anilines is 1. The maximum atomic E-state index is 13.5. The first-order chi connectivity index (χ1) is 8.47. The second kappa shape index (κ2) is 6.28. The zero-order chi connectivity index (χ0) is 13.7. The van der Waals surface area contributed by atoms with Gasteiger partial charge in [-0.25, -0.2) is 8.78 Å². The van der Waals surface area contributed by atoms with E-state index >= 15 is 0 Å². The highest BCUT2D eigenvalue weighted by Crippen LogP contribution is 2.29. The molecule has 6 heteroatoms. The fourth-order valence-electron chi connectivity index (χ4n) is 1.73. The number of rotatable bonds is 6. The average molecular weight is 258 g/mol. The van der Waals surface area contributed by atoms with Gasteiger partial charge in [0, 0.05) is 12.6 Å². The van der Waals surface area contributed by atoms with Gasteiger partial charge in [0.15, 0.2) is 17.3 Å². The van der Waals surface area contributed by atoms with E-state index in [0.29, 0.717) is 6.54 Å². The third-order valence-electron chi connectivity index (χ3n) is 2.68. The van der Waals surface area contributed by atoms with Crippen LogP contribution in [0.25, 0.3) is 0 Å². The summed E-state index contributed by atoms with van der Waals surface area (Å²) in [5.74, 6) is -2.06. The summed E-state index contributed by atoms with van der Waals surface area (Å²) in [4.78, 5) is 10.0. The molecule has 0 saturated heterocycles. The third kappa shape index (κ3) is 3.38. The summed E-state index contributed by atoms with van der Waals surface area (Å²) in [6.45, 7) is 4.33. The second-order valence-corrected chi connectivity index (χ2v) is 4.29. The molecule has 100 valence electrons. The van der Waals surface area contributed by atoms with Crippen molar-refractivity contribution < 1.29 is 13.7 Å². The molecule has 1 N–H and O–H groups in total. The van der Waals surface area contributed by atoms with E-state index in [9.17, 15) is 18.9 Å². The van der Waals surface area contributed by atoms with Gasteiger partial charge in [-0.1, -0.05) is 20.3 Å². The molecule has 1 aromatic rings. The van der Waals surface area contributed by atoms with Crippen molar-refractivity contribution >= 4 is 11.4 Å². The van der Waals surface area contributed by atoms with Crippen molar-refractivity contribution in [2.75, 3.05) is 11.9 Å². The Bertz CT molecular complexity index is 438. The van der Waals surface area contributed by atoms with Gasteiger partial charge in [0.25, 0.3) is 5.69 Å². The number of hydrogen-bond acceptors (Lipinski definition) is 3. The molecule has 4 nitrogen and oxygen atoms in total. The minimum atomic E-state index is -1.20. The van der Waals surface area contributed by atoms with Crippen molar-refractivity contribution in [1.82, 2.24) is 0 Å². The van der Waals surface area contributed by atoms with Crippen molar-refractivity contribution in [1.29, 1.82) is 0 Å². The molecule has 1 atom stereocenters. The molecular formula is C12H16F2N2O2. The van der Waals surface area contributed by atoms with Gasteiger partial charge in [-0.2, -0.15) is 0 Å². The molecule has 0 radical (unpaired) electrons. The van der Waals surface area contributed by atoms with Crippen LogP contribution in [0.3, 0.4) is 0 Å². The van der Waals surface area contributed by atoms with Crippen molar-refractivity contribution in [3.05, 3.63) is 33.9 Å². The van der Waals surface area contributed by atoms with Crippen LogP contribution in [-0.4, -0.2) is 11.5 Å². The molecule has 0 spiro atoms.